The molecule has 182 valence electrons. The van der Waals surface area contributed by atoms with E-state index in [1.165, 1.54) is 6.33 Å². The molecule has 0 saturated carbocycles. The Morgan fingerprint density at radius 1 is 1.18 bits per heavy atom. The number of ether oxygens (including phenoxy) is 2. The summed E-state index contributed by atoms with van der Waals surface area (Å²) in [4.78, 5) is 35.1. The van der Waals surface area contributed by atoms with Crippen molar-refractivity contribution in [3.63, 3.8) is 0 Å². The van der Waals surface area contributed by atoms with Crippen LogP contribution >= 0.6 is 11.6 Å². The molecule has 1 aromatic heterocycles. The number of aliphatic hydroxyl groups excluding tert-OH is 1. The number of rotatable bonds is 5. The normalized spacial score (nSPS) is 24.9. The smallest absolute Gasteiger partial charge is 0.322 e. The molecular weight excluding hydrogens is 462 g/mol. The average Bonchev–Trinajstić information content (AvgIpc) is 2.82. The van der Waals surface area contributed by atoms with Crippen LogP contribution < -0.4 is 10.6 Å². The minimum absolute atomic E-state index is 0.0986. The van der Waals surface area contributed by atoms with Crippen LogP contribution in [0.15, 0.2) is 42.9 Å². The van der Waals surface area contributed by atoms with Crippen molar-refractivity contribution in [1.29, 1.82) is 0 Å². The maximum Gasteiger partial charge on any atom is 0.322 e. The van der Waals surface area contributed by atoms with E-state index in [1.54, 1.807) is 41.4 Å². The number of nitrogens with one attached hydrogen (secondary N) is 2. The van der Waals surface area contributed by atoms with Crippen molar-refractivity contribution < 1.29 is 24.2 Å². The van der Waals surface area contributed by atoms with E-state index in [2.05, 4.69) is 20.6 Å². The molecular formula is C23H28ClN5O5. The number of aliphatic hydroxyl groups is 1. The second-order valence-electron chi connectivity index (χ2n) is 8.40. The van der Waals surface area contributed by atoms with Crippen LogP contribution in [0.25, 0.3) is 0 Å². The summed E-state index contributed by atoms with van der Waals surface area (Å²) in [5.41, 5.74) is 1.33. The maximum atomic E-state index is 13.1. The van der Waals surface area contributed by atoms with Crippen molar-refractivity contribution in [2.45, 2.75) is 50.2 Å². The lowest BCUT2D eigenvalue weighted by atomic mass is 9.95. The summed E-state index contributed by atoms with van der Waals surface area (Å²) in [5.74, 6) is -0.137. The Bertz CT molecular complexity index is 964. The highest BCUT2D eigenvalue weighted by atomic mass is 35.5. The SMILES string of the molecule is O=C(C[C@@H]1CC[C@H]2[C@@H](COC[C@@H](O)CN2C(=O)Nc2ccc(Cl)cc2)O1)NCc1ccncn1. The molecule has 10 nitrogen and oxygen atoms in total. The van der Waals surface area contributed by atoms with Gasteiger partial charge in [-0.3, -0.25) is 4.79 Å². The second-order valence-corrected chi connectivity index (χ2v) is 8.84. The fourth-order valence-electron chi connectivity index (χ4n) is 4.19. The van der Waals surface area contributed by atoms with Gasteiger partial charge in [0.15, 0.2) is 0 Å². The van der Waals surface area contributed by atoms with Crippen molar-refractivity contribution in [3.05, 3.63) is 53.6 Å². The maximum absolute atomic E-state index is 13.1. The number of β-amino-alcohol motifs (C(OH)–C–C–N with tert-alkyl or cyclic N) is 1. The van der Waals surface area contributed by atoms with E-state index in [1.807, 2.05) is 0 Å². The lowest BCUT2D eigenvalue weighted by Gasteiger charge is -2.44. The number of hydrogen-bond donors (Lipinski definition) is 3. The van der Waals surface area contributed by atoms with Crippen LogP contribution in [0.1, 0.15) is 25.0 Å². The van der Waals surface area contributed by atoms with Crippen molar-refractivity contribution >= 4 is 29.2 Å². The molecule has 0 aliphatic carbocycles. The molecule has 34 heavy (non-hydrogen) atoms. The third kappa shape index (κ3) is 6.63. The summed E-state index contributed by atoms with van der Waals surface area (Å²) in [6, 6.07) is 7.95. The summed E-state index contributed by atoms with van der Waals surface area (Å²) in [5, 5.41) is 16.6. The van der Waals surface area contributed by atoms with E-state index in [4.69, 9.17) is 21.1 Å². The van der Waals surface area contributed by atoms with Crippen molar-refractivity contribution in [3.8, 4) is 0 Å². The van der Waals surface area contributed by atoms with Gasteiger partial charge in [0.1, 0.15) is 12.4 Å². The Hall–Kier alpha value is -2.79. The summed E-state index contributed by atoms with van der Waals surface area (Å²) >= 11 is 5.93. The van der Waals surface area contributed by atoms with Gasteiger partial charge < -0.3 is 30.1 Å². The van der Waals surface area contributed by atoms with Gasteiger partial charge in [-0.1, -0.05) is 11.6 Å². The van der Waals surface area contributed by atoms with E-state index < -0.39 is 12.2 Å². The van der Waals surface area contributed by atoms with Crippen molar-refractivity contribution in [2.24, 2.45) is 0 Å². The van der Waals surface area contributed by atoms with Gasteiger partial charge >= 0.3 is 6.03 Å². The first-order valence-electron chi connectivity index (χ1n) is 11.2. The fraction of sp³-hybridized carbons (Fsp3) is 0.478. The molecule has 1 aromatic carbocycles. The van der Waals surface area contributed by atoms with E-state index in [9.17, 15) is 14.7 Å². The van der Waals surface area contributed by atoms with Gasteiger partial charge in [0.05, 0.1) is 56.7 Å². The lowest BCUT2D eigenvalue weighted by Crippen LogP contribution is -2.58. The summed E-state index contributed by atoms with van der Waals surface area (Å²) < 4.78 is 11.8. The molecule has 4 rings (SSSR count). The summed E-state index contributed by atoms with van der Waals surface area (Å²) in [6.45, 7) is 0.765. The number of benzene rings is 1. The molecule has 2 saturated heterocycles. The Kier molecular flexibility index (Phi) is 8.28. The van der Waals surface area contributed by atoms with Gasteiger partial charge in [0.2, 0.25) is 5.91 Å². The molecule has 2 aliphatic heterocycles. The minimum atomic E-state index is -0.804. The predicted molar refractivity (Wildman–Crippen MR) is 124 cm³/mol. The first kappa shape index (κ1) is 24.3. The molecule has 4 atom stereocenters. The molecule has 3 heterocycles. The van der Waals surface area contributed by atoms with Crippen LogP contribution in [0.2, 0.25) is 5.02 Å². The molecule has 0 bridgehead atoms. The van der Waals surface area contributed by atoms with Gasteiger partial charge in [-0.05, 0) is 43.2 Å². The van der Waals surface area contributed by atoms with Crippen LogP contribution in [-0.4, -0.2) is 76.0 Å². The molecule has 2 aromatic rings. The molecule has 0 unspecified atom stereocenters. The van der Waals surface area contributed by atoms with Crippen LogP contribution in [0.4, 0.5) is 10.5 Å². The number of halogens is 1. The molecule has 11 heteroatoms. The molecule has 2 aliphatic rings. The Balaban J connectivity index is 1.36. The Morgan fingerprint density at radius 2 is 2.00 bits per heavy atom. The van der Waals surface area contributed by atoms with Crippen molar-refractivity contribution in [2.75, 3.05) is 25.1 Å². The molecule has 0 spiro atoms. The zero-order chi connectivity index (χ0) is 23.9. The monoisotopic (exact) mass is 489 g/mol. The van der Waals surface area contributed by atoms with Gasteiger partial charge in [-0.2, -0.15) is 0 Å². The quantitative estimate of drug-likeness (QED) is 0.586. The van der Waals surface area contributed by atoms with Gasteiger partial charge in [-0.25, -0.2) is 14.8 Å². The summed E-state index contributed by atoms with van der Waals surface area (Å²) in [7, 11) is 0. The Morgan fingerprint density at radius 3 is 2.76 bits per heavy atom. The average molecular weight is 490 g/mol. The largest absolute Gasteiger partial charge is 0.389 e. The minimum Gasteiger partial charge on any atom is -0.389 e. The van der Waals surface area contributed by atoms with Crippen molar-refractivity contribution in [1.82, 2.24) is 20.2 Å². The third-order valence-electron chi connectivity index (χ3n) is 5.86. The predicted octanol–water partition coefficient (Wildman–Crippen LogP) is 1.98. The second kappa shape index (κ2) is 11.6. The highest BCUT2D eigenvalue weighted by Crippen LogP contribution is 2.28. The number of urea groups is 1. The number of carbonyl (C=O) groups excluding carboxylic acids is 2. The number of nitrogens with zero attached hydrogens (tertiary/aromatic N) is 3. The van der Waals surface area contributed by atoms with Gasteiger partial charge in [-0.15, -0.1) is 0 Å². The summed E-state index contributed by atoms with van der Waals surface area (Å²) in [6.07, 6.45) is 2.99. The van der Waals surface area contributed by atoms with E-state index in [0.29, 0.717) is 30.1 Å². The van der Waals surface area contributed by atoms with Crippen LogP contribution in [0.5, 0.6) is 0 Å². The highest BCUT2D eigenvalue weighted by Gasteiger charge is 2.40. The van der Waals surface area contributed by atoms with E-state index in [-0.39, 0.29) is 50.3 Å². The van der Waals surface area contributed by atoms with Crippen LogP contribution in [0, 0.1) is 0 Å². The number of fused-ring (bicyclic) bond motifs is 1. The molecule has 3 amide bonds. The van der Waals surface area contributed by atoms with E-state index in [0.717, 1.165) is 5.69 Å². The topological polar surface area (TPSA) is 126 Å². The standard InChI is InChI=1S/C23H28ClN5O5/c24-15-1-3-16(4-2-15)28-23(32)29-11-18(30)12-33-13-21-20(29)6-5-19(34-21)9-22(31)26-10-17-7-8-25-14-27-17/h1-4,7-8,14,18-21,30H,5-6,9-13H2,(H,26,31)(H,28,32)/t18-,19-,20-,21+/m0/s1. The number of carbonyl (C=O) groups is 2. The number of aromatic nitrogens is 2. The zero-order valence-corrected chi connectivity index (χ0v) is 19.4. The number of anilines is 1. The molecule has 2 fully saturated rings. The van der Waals surface area contributed by atoms with Crippen LogP contribution in [0.3, 0.4) is 0 Å². The molecule has 3 N–H and O–H groups in total. The fourth-order valence-corrected chi connectivity index (χ4v) is 4.32. The third-order valence-corrected chi connectivity index (χ3v) is 6.11. The highest BCUT2D eigenvalue weighted by molar-refractivity contribution is 6.30. The number of hydrogen-bond acceptors (Lipinski definition) is 7. The zero-order valence-electron chi connectivity index (χ0n) is 18.6. The number of amides is 3. The first-order chi connectivity index (χ1) is 16.5. The molecule has 0 radical (unpaired) electrons. The van der Waals surface area contributed by atoms with Gasteiger partial charge in [0, 0.05) is 16.9 Å². The van der Waals surface area contributed by atoms with Crippen LogP contribution in [-0.2, 0) is 20.8 Å². The first-order valence-corrected chi connectivity index (χ1v) is 11.6. The lowest BCUT2D eigenvalue weighted by molar-refractivity contribution is -0.149. The Labute approximate surface area is 202 Å². The van der Waals surface area contributed by atoms with E-state index >= 15 is 0 Å². The van der Waals surface area contributed by atoms with Gasteiger partial charge in [0.25, 0.3) is 0 Å².